The topological polar surface area (TPSA) is 111 Å². The minimum absolute atomic E-state index is 0.0465. The van der Waals surface area contributed by atoms with E-state index >= 15 is 0 Å². The van der Waals surface area contributed by atoms with Crippen molar-refractivity contribution >= 4 is 45.0 Å². The molecule has 0 atom stereocenters. The quantitative estimate of drug-likeness (QED) is 0.473. The molecule has 1 aliphatic rings. The second-order valence-electron chi connectivity index (χ2n) is 7.72. The van der Waals surface area contributed by atoms with E-state index in [2.05, 4.69) is 5.10 Å². The summed E-state index contributed by atoms with van der Waals surface area (Å²) < 4.78 is 34.3. The third-order valence-corrected chi connectivity index (χ3v) is 6.46. The average Bonchev–Trinajstić information content (AvgIpc) is 3.12. The van der Waals surface area contributed by atoms with Gasteiger partial charge in [-0.1, -0.05) is 29.8 Å². The molecule has 3 aromatic carbocycles. The maximum Gasteiger partial charge on any atom is 0.280 e. The van der Waals surface area contributed by atoms with Crippen LogP contribution in [0.4, 0.5) is 5.69 Å². The maximum absolute atomic E-state index is 13.0. The highest BCUT2D eigenvalue weighted by molar-refractivity contribution is 7.89. The molecule has 0 radical (unpaired) electrons. The van der Waals surface area contributed by atoms with Crippen molar-refractivity contribution in [3.05, 3.63) is 88.5 Å². The number of primary sulfonamides is 1. The Morgan fingerprint density at radius 3 is 2.34 bits per heavy atom. The Bertz CT molecular complexity index is 1430. The number of nitrogens with zero attached hydrogens (tertiary/aromatic N) is 2. The lowest BCUT2D eigenvalue weighted by atomic mass is 10.1. The molecule has 0 saturated carbocycles. The summed E-state index contributed by atoms with van der Waals surface area (Å²) in [6.07, 6.45) is 1.71. The lowest BCUT2D eigenvalue weighted by Crippen LogP contribution is -2.21. The smallest absolute Gasteiger partial charge is 0.280 e. The first-order valence-electron chi connectivity index (χ1n) is 10.5. The minimum atomic E-state index is -3.83. The molecule has 0 aromatic heterocycles. The highest BCUT2D eigenvalue weighted by atomic mass is 35.5. The standard InChI is InChI=1S/C25H22ClN3O5S/c1-16-22(25(30)29(28-16)20-8-10-21(11-9-20)35(27,31)32)13-18-5-12-23(24(14-18)33-2)34-15-17-3-6-19(26)7-4-17/h3-14H,15H2,1-2H3,(H2,27,31,32)/b22-13+. The van der Waals surface area contributed by atoms with Gasteiger partial charge in [-0.2, -0.15) is 10.1 Å². The first kappa shape index (κ1) is 24.5. The number of hydrogen-bond donors (Lipinski definition) is 1. The van der Waals surface area contributed by atoms with Crippen LogP contribution in [0.3, 0.4) is 0 Å². The van der Waals surface area contributed by atoms with Gasteiger partial charge < -0.3 is 9.47 Å². The Morgan fingerprint density at radius 2 is 1.71 bits per heavy atom. The van der Waals surface area contributed by atoms with Crippen molar-refractivity contribution < 1.29 is 22.7 Å². The van der Waals surface area contributed by atoms with Crippen molar-refractivity contribution in [2.45, 2.75) is 18.4 Å². The van der Waals surface area contributed by atoms with Crippen LogP contribution in [0, 0.1) is 0 Å². The van der Waals surface area contributed by atoms with Gasteiger partial charge in [0.2, 0.25) is 10.0 Å². The van der Waals surface area contributed by atoms with Crippen LogP contribution in [-0.2, 0) is 21.4 Å². The van der Waals surface area contributed by atoms with Crippen LogP contribution in [0.5, 0.6) is 11.5 Å². The average molecular weight is 512 g/mol. The number of rotatable bonds is 7. The number of methoxy groups -OCH3 is 1. The van der Waals surface area contributed by atoms with Gasteiger partial charge in [0.05, 0.1) is 29.0 Å². The number of benzene rings is 3. The van der Waals surface area contributed by atoms with Crippen molar-refractivity contribution in [2.24, 2.45) is 10.2 Å². The number of anilines is 1. The van der Waals surface area contributed by atoms with E-state index in [0.29, 0.717) is 40.1 Å². The van der Waals surface area contributed by atoms with Crippen molar-refractivity contribution in [1.82, 2.24) is 0 Å². The fourth-order valence-electron chi connectivity index (χ4n) is 3.44. The normalized spacial score (nSPS) is 14.9. The summed E-state index contributed by atoms with van der Waals surface area (Å²) in [5, 5.41) is 11.3. The lowest BCUT2D eigenvalue weighted by molar-refractivity contribution is -0.114. The van der Waals surface area contributed by atoms with Gasteiger partial charge in [-0.3, -0.25) is 4.79 Å². The molecule has 1 aliphatic heterocycles. The molecular formula is C25H22ClN3O5S. The molecule has 0 saturated heterocycles. The highest BCUT2D eigenvalue weighted by Crippen LogP contribution is 2.31. The molecule has 3 aromatic rings. The van der Waals surface area contributed by atoms with E-state index in [1.54, 1.807) is 44.4 Å². The van der Waals surface area contributed by atoms with Crippen LogP contribution in [0.1, 0.15) is 18.1 Å². The van der Waals surface area contributed by atoms with E-state index in [0.717, 1.165) is 11.1 Å². The van der Waals surface area contributed by atoms with E-state index in [4.69, 9.17) is 26.2 Å². The molecule has 1 heterocycles. The van der Waals surface area contributed by atoms with E-state index < -0.39 is 10.0 Å². The second-order valence-corrected chi connectivity index (χ2v) is 9.72. The molecule has 2 N–H and O–H groups in total. The summed E-state index contributed by atoms with van der Waals surface area (Å²) >= 11 is 5.92. The van der Waals surface area contributed by atoms with Crippen LogP contribution in [0.15, 0.2) is 82.3 Å². The molecule has 35 heavy (non-hydrogen) atoms. The van der Waals surface area contributed by atoms with Gasteiger partial charge >= 0.3 is 0 Å². The van der Waals surface area contributed by atoms with Gasteiger partial charge in [0.25, 0.3) is 5.91 Å². The monoisotopic (exact) mass is 511 g/mol. The van der Waals surface area contributed by atoms with Crippen molar-refractivity contribution in [3.8, 4) is 11.5 Å². The molecule has 180 valence electrons. The molecule has 4 rings (SSSR count). The number of halogens is 1. The minimum Gasteiger partial charge on any atom is -0.493 e. The zero-order chi connectivity index (χ0) is 25.2. The summed E-state index contributed by atoms with van der Waals surface area (Å²) in [7, 11) is -2.29. The number of nitrogens with two attached hydrogens (primary N) is 1. The van der Waals surface area contributed by atoms with Crippen LogP contribution in [0.2, 0.25) is 5.02 Å². The molecule has 0 spiro atoms. The first-order chi connectivity index (χ1) is 16.7. The Kier molecular flexibility index (Phi) is 6.93. The van der Waals surface area contributed by atoms with Gasteiger partial charge in [-0.25, -0.2) is 13.6 Å². The lowest BCUT2D eigenvalue weighted by Gasteiger charge is -2.13. The molecule has 8 nitrogen and oxygen atoms in total. The van der Waals surface area contributed by atoms with Crippen molar-refractivity contribution in [3.63, 3.8) is 0 Å². The van der Waals surface area contributed by atoms with Crippen molar-refractivity contribution in [2.75, 3.05) is 12.1 Å². The Hall–Kier alpha value is -3.66. The second kappa shape index (κ2) is 9.91. The molecule has 10 heteroatoms. The molecular weight excluding hydrogens is 490 g/mol. The SMILES string of the molecule is COc1cc(/C=C2/C(=O)N(c3ccc(S(N)(=O)=O)cc3)N=C2C)ccc1OCc1ccc(Cl)cc1. The Balaban J connectivity index is 1.53. The van der Waals surface area contributed by atoms with Crippen LogP contribution < -0.4 is 19.6 Å². The number of carbonyl (C=O) groups is 1. The maximum atomic E-state index is 13.0. The summed E-state index contributed by atoms with van der Waals surface area (Å²) in [6, 6.07) is 18.4. The van der Waals surface area contributed by atoms with Crippen LogP contribution in [0.25, 0.3) is 6.08 Å². The predicted octanol–water partition coefficient (Wildman–Crippen LogP) is 4.38. The predicted molar refractivity (Wildman–Crippen MR) is 135 cm³/mol. The van der Waals surface area contributed by atoms with E-state index in [1.165, 1.54) is 29.3 Å². The fraction of sp³-hybridized carbons (Fsp3) is 0.120. The number of sulfonamides is 1. The number of hydrogen-bond acceptors (Lipinski definition) is 6. The molecule has 0 bridgehead atoms. The molecule has 1 amide bonds. The van der Waals surface area contributed by atoms with E-state index in [1.807, 2.05) is 18.2 Å². The van der Waals surface area contributed by atoms with Gasteiger partial charge in [0.15, 0.2) is 11.5 Å². The number of amides is 1. The Morgan fingerprint density at radius 1 is 1.03 bits per heavy atom. The number of carbonyl (C=O) groups excluding carboxylic acids is 1. The van der Waals surface area contributed by atoms with Crippen LogP contribution in [-0.4, -0.2) is 27.1 Å². The van der Waals surface area contributed by atoms with Crippen LogP contribution >= 0.6 is 11.6 Å². The largest absolute Gasteiger partial charge is 0.493 e. The summed E-state index contributed by atoms with van der Waals surface area (Å²) in [5.74, 6) is 0.737. The van der Waals surface area contributed by atoms with E-state index in [-0.39, 0.29) is 10.8 Å². The van der Waals surface area contributed by atoms with Gasteiger partial charge in [-0.15, -0.1) is 0 Å². The van der Waals surface area contributed by atoms with Crippen molar-refractivity contribution in [1.29, 1.82) is 0 Å². The Labute approximate surface area is 208 Å². The summed E-state index contributed by atoms with van der Waals surface area (Å²) in [5.41, 5.74) is 3.03. The number of hydrazone groups is 1. The highest BCUT2D eigenvalue weighted by Gasteiger charge is 2.29. The third-order valence-electron chi connectivity index (χ3n) is 5.28. The molecule has 0 fully saturated rings. The summed E-state index contributed by atoms with van der Waals surface area (Å²) in [4.78, 5) is 13.0. The third kappa shape index (κ3) is 5.54. The van der Waals surface area contributed by atoms with E-state index in [9.17, 15) is 13.2 Å². The molecule has 0 unspecified atom stereocenters. The zero-order valence-electron chi connectivity index (χ0n) is 18.9. The zero-order valence-corrected chi connectivity index (χ0v) is 20.5. The first-order valence-corrected chi connectivity index (χ1v) is 12.4. The fourth-order valence-corrected chi connectivity index (χ4v) is 4.08. The number of ether oxygens (including phenoxy) is 2. The summed E-state index contributed by atoms with van der Waals surface area (Å²) in [6.45, 7) is 2.07. The van der Waals surface area contributed by atoms with Gasteiger partial charge in [-0.05, 0) is 72.7 Å². The van der Waals surface area contributed by atoms with Gasteiger partial charge in [0, 0.05) is 5.02 Å². The van der Waals surface area contributed by atoms with Gasteiger partial charge in [0.1, 0.15) is 6.61 Å². The molecule has 0 aliphatic carbocycles.